The van der Waals surface area contributed by atoms with Gasteiger partial charge in [-0.3, -0.25) is 14.3 Å². The molecule has 0 unspecified atom stereocenters. The van der Waals surface area contributed by atoms with Crippen molar-refractivity contribution < 1.29 is 0 Å². The third-order valence-corrected chi connectivity index (χ3v) is 4.64. The first-order chi connectivity index (χ1) is 11.0. The van der Waals surface area contributed by atoms with Gasteiger partial charge in [-0.15, -0.1) is 0 Å². The van der Waals surface area contributed by atoms with E-state index in [1.807, 2.05) is 41.0 Å². The molecular formula is C19H19N3O. The zero-order valence-electron chi connectivity index (χ0n) is 13.4. The summed E-state index contributed by atoms with van der Waals surface area (Å²) in [5, 5.41) is 0.688. The Labute approximate surface area is 134 Å². The van der Waals surface area contributed by atoms with E-state index in [0.29, 0.717) is 5.39 Å². The first-order valence-electron chi connectivity index (χ1n) is 7.98. The number of hydrogen-bond donors (Lipinski definition) is 0. The SMILES string of the molecule is CC1(C)CCn2c(nc3cc(-c4ccccn4)ccc3c2=O)C1. The third-order valence-electron chi connectivity index (χ3n) is 4.64. The van der Waals surface area contributed by atoms with Crippen molar-refractivity contribution in [2.45, 2.75) is 33.2 Å². The predicted octanol–water partition coefficient (Wildman–Crippen LogP) is 3.43. The van der Waals surface area contributed by atoms with Gasteiger partial charge in [0.15, 0.2) is 0 Å². The molecule has 4 nitrogen and oxygen atoms in total. The number of benzene rings is 1. The van der Waals surface area contributed by atoms with Crippen LogP contribution in [-0.2, 0) is 13.0 Å². The van der Waals surface area contributed by atoms with Crippen LogP contribution in [0.25, 0.3) is 22.2 Å². The van der Waals surface area contributed by atoms with Crippen molar-refractivity contribution in [2.24, 2.45) is 5.41 Å². The predicted molar refractivity (Wildman–Crippen MR) is 91.3 cm³/mol. The van der Waals surface area contributed by atoms with Crippen molar-refractivity contribution in [3.05, 3.63) is 58.8 Å². The minimum atomic E-state index is 0.0769. The van der Waals surface area contributed by atoms with Crippen LogP contribution < -0.4 is 5.56 Å². The fraction of sp³-hybridized carbons (Fsp3) is 0.316. The van der Waals surface area contributed by atoms with E-state index in [-0.39, 0.29) is 11.0 Å². The average molecular weight is 305 g/mol. The second-order valence-electron chi connectivity index (χ2n) is 7.02. The second-order valence-corrected chi connectivity index (χ2v) is 7.02. The number of aromatic nitrogens is 3. The Morgan fingerprint density at radius 1 is 1.17 bits per heavy atom. The summed E-state index contributed by atoms with van der Waals surface area (Å²) in [6, 6.07) is 11.6. The summed E-state index contributed by atoms with van der Waals surface area (Å²) in [4.78, 5) is 21.9. The Balaban J connectivity index is 1.91. The van der Waals surface area contributed by atoms with Crippen molar-refractivity contribution in [3.8, 4) is 11.3 Å². The van der Waals surface area contributed by atoms with E-state index >= 15 is 0 Å². The Hall–Kier alpha value is -2.49. The van der Waals surface area contributed by atoms with E-state index in [0.717, 1.165) is 42.0 Å². The molecule has 23 heavy (non-hydrogen) atoms. The topological polar surface area (TPSA) is 47.8 Å². The quantitative estimate of drug-likeness (QED) is 0.692. The van der Waals surface area contributed by atoms with Gasteiger partial charge in [0.05, 0.1) is 16.6 Å². The van der Waals surface area contributed by atoms with Gasteiger partial charge in [-0.1, -0.05) is 26.0 Å². The van der Waals surface area contributed by atoms with E-state index in [4.69, 9.17) is 4.98 Å². The standard InChI is InChI=1S/C19H19N3O/c1-19(2)8-10-22-17(12-19)21-16-11-13(6-7-14(16)18(22)23)15-5-3-4-9-20-15/h3-7,9,11H,8,10,12H2,1-2H3. The highest BCUT2D eigenvalue weighted by Gasteiger charge is 2.27. The van der Waals surface area contributed by atoms with Crippen LogP contribution in [0.4, 0.5) is 0 Å². The van der Waals surface area contributed by atoms with E-state index < -0.39 is 0 Å². The Kier molecular flexibility index (Phi) is 3.08. The molecule has 0 saturated heterocycles. The molecule has 116 valence electrons. The number of pyridine rings is 1. The van der Waals surface area contributed by atoms with Crippen LogP contribution in [0.1, 0.15) is 26.1 Å². The summed E-state index contributed by atoms with van der Waals surface area (Å²) in [6.07, 6.45) is 3.63. The summed E-state index contributed by atoms with van der Waals surface area (Å²) in [5.41, 5.74) is 2.93. The van der Waals surface area contributed by atoms with Crippen molar-refractivity contribution in [2.75, 3.05) is 0 Å². The Morgan fingerprint density at radius 3 is 2.83 bits per heavy atom. The number of hydrogen-bond acceptors (Lipinski definition) is 3. The summed E-state index contributed by atoms with van der Waals surface area (Å²) in [7, 11) is 0. The number of nitrogens with zero attached hydrogens (tertiary/aromatic N) is 3. The van der Waals surface area contributed by atoms with Crippen LogP contribution in [0.15, 0.2) is 47.4 Å². The van der Waals surface area contributed by atoms with Crippen LogP contribution in [0.2, 0.25) is 0 Å². The van der Waals surface area contributed by atoms with Crippen molar-refractivity contribution in [1.82, 2.24) is 14.5 Å². The summed E-state index contributed by atoms with van der Waals surface area (Å²) < 4.78 is 1.84. The Bertz CT molecular complexity index is 942. The highest BCUT2D eigenvalue weighted by molar-refractivity contribution is 5.83. The molecule has 3 heterocycles. The monoisotopic (exact) mass is 305 g/mol. The molecule has 2 aromatic heterocycles. The molecule has 0 atom stereocenters. The van der Waals surface area contributed by atoms with E-state index in [1.165, 1.54) is 0 Å². The maximum absolute atomic E-state index is 12.7. The lowest BCUT2D eigenvalue weighted by molar-refractivity contribution is 0.261. The van der Waals surface area contributed by atoms with Crippen molar-refractivity contribution in [3.63, 3.8) is 0 Å². The zero-order chi connectivity index (χ0) is 16.0. The summed E-state index contributed by atoms with van der Waals surface area (Å²) in [5.74, 6) is 0.900. The lowest BCUT2D eigenvalue weighted by atomic mass is 9.83. The van der Waals surface area contributed by atoms with Gasteiger partial charge in [-0.2, -0.15) is 0 Å². The van der Waals surface area contributed by atoms with Gasteiger partial charge in [0.2, 0.25) is 0 Å². The van der Waals surface area contributed by atoms with Crippen molar-refractivity contribution >= 4 is 10.9 Å². The van der Waals surface area contributed by atoms with Gasteiger partial charge >= 0.3 is 0 Å². The Morgan fingerprint density at radius 2 is 2.04 bits per heavy atom. The molecule has 3 aromatic rings. The third kappa shape index (κ3) is 2.44. The minimum absolute atomic E-state index is 0.0769. The fourth-order valence-electron chi connectivity index (χ4n) is 3.26. The van der Waals surface area contributed by atoms with Crippen LogP contribution >= 0.6 is 0 Å². The van der Waals surface area contributed by atoms with E-state index in [9.17, 15) is 4.79 Å². The van der Waals surface area contributed by atoms with Crippen LogP contribution in [0.5, 0.6) is 0 Å². The van der Waals surface area contributed by atoms with Gasteiger partial charge in [-0.05, 0) is 36.1 Å². The summed E-state index contributed by atoms with van der Waals surface area (Å²) in [6.45, 7) is 5.22. The first-order valence-corrected chi connectivity index (χ1v) is 7.98. The summed E-state index contributed by atoms with van der Waals surface area (Å²) >= 11 is 0. The maximum atomic E-state index is 12.7. The van der Waals surface area contributed by atoms with Crippen LogP contribution in [-0.4, -0.2) is 14.5 Å². The average Bonchev–Trinajstić information content (AvgIpc) is 2.54. The van der Waals surface area contributed by atoms with E-state index in [2.05, 4.69) is 18.8 Å². The van der Waals surface area contributed by atoms with Crippen LogP contribution in [0.3, 0.4) is 0 Å². The van der Waals surface area contributed by atoms with Crippen LogP contribution in [0, 0.1) is 5.41 Å². The smallest absolute Gasteiger partial charge is 0.261 e. The van der Waals surface area contributed by atoms with Gasteiger partial charge in [0, 0.05) is 24.7 Å². The number of rotatable bonds is 1. The molecule has 0 amide bonds. The highest BCUT2D eigenvalue weighted by atomic mass is 16.1. The number of fused-ring (bicyclic) bond motifs is 2. The van der Waals surface area contributed by atoms with E-state index in [1.54, 1.807) is 6.20 Å². The molecule has 0 radical (unpaired) electrons. The molecule has 1 aromatic carbocycles. The molecule has 0 bridgehead atoms. The molecule has 1 aliphatic heterocycles. The largest absolute Gasteiger partial charge is 0.296 e. The molecule has 0 saturated carbocycles. The lowest BCUT2D eigenvalue weighted by Crippen LogP contribution is -2.35. The van der Waals surface area contributed by atoms with Gasteiger partial charge in [0.1, 0.15) is 5.82 Å². The molecule has 4 rings (SSSR count). The van der Waals surface area contributed by atoms with Gasteiger partial charge in [0.25, 0.3) is 5.56 Å². The minimum Gasteiger partial charge on any atom is -0.296 e. The van der Waals surface area contributed by atoms with Crippen molar-refractivity contribution in [1.29, 1.82) is 0 Å². The normalized spacial score (nSPS) is 16.3. The molecule has 0 spiro atoms. The van der Waals surface area contributed by atoms with Gasteiger partial charge < -0.3 is 0 Å². The molecular weight excluding hydrogens is 286 g/mol. The molecule has 1 aliphatic rings. The fourth-order valence-corrected chi connectivity index (χ4v) is 3.26. The first kappa shape index (κ1) is 14.1. The lowest BCUT2D eigenvalue weighted by Gasteiger charge is -2.31. The van der Waals surface area contributed by atoms with Gasteiger partial charge in [-0.25, -0.2) is 4.98 Å². The maximum Gasteiger partial charge on any atom is 0.261 e. The second kappa shape index (κ2) is 5.01. The molecule has 0 aliphatic carbocycles. The zero-order valence-corrected chi connectivity index (χ0v) is 13.4. The molecule has 0 fully saturated rings. The molecule has 0 N–H and O–H groups in total. The molecule has 4 heteroatoms. The highest BCUT2D eigenvalue weighted by Crippen LogP contribution is 2.30.